The number of benzene rings is 4. The van der Waals surface area contributed by atoms with Crippen LogP contribution < -0.4 is 0 Å². The fourth-order valence-corrected chi connectivity index (χ4v) is 3.98. The summed E-state index contributed by atoms with van der Waals surface area (Å²) in [5.74, 6) is 0. The fourth-order valence-electron chi connectivity index (χ4n) is 3.98. The third-order valence-corrected chi connectivity index (χ3v) is 5.17. The highest BCUT2D eigenvalue weighted by Crippen LogP contribution is 2.41. The zero-order valence-electron chi connectivity index (χ0n) is 12.3. The molecule has 0 saturated carbocycles. The standard InChI is InChI=1S/C21H16/c1-12-10-17-9-8-15-7-6-14-4-3-5-16-11-18(13(12)2)20(17)21(15)19(14)16/h3,5-11H,4H2,1-2H3. The zero-order chi connectivity index (χ0) is 14.1. The molecule has 0 heterocycles. The van der Waals surface area contributed by atoms with E-state index in [4.69, 9.17) is 0 Å². The molecule has 0 fully saturated rings. The van der Waals surface area contributed by atoms with Crippen molar-refractivity contribution < 1.29 is 0 Å². The molecule has 0 spiro atoms. The van der Waals surface area contributed by atoms with Crippen molar-refractivity contribution in [2.75, 3.05) is 0 Å². The summed E-state index contributed by atoms with van der Waals surface area (Å²) in [5.41, 5.74) is 5.65. The van der Waals surface area contributed by atoms with Crippen molar-refractivity contribution in [2.24, 2.45) is 0 Å². The molecular formula is C21H16. The Balaban J connectivity index is 2.22. The van der Waals surface area contributed by atoms with Gasteiger partial charge in [0.25, 0.3) is 0 Å². The molecule has 0 amide bonds. The molecule has 0 bridgehead atoms. The minimum atomic E-state index is 1.05. The molecule has 0 heteroatoms. The molecule has 0 unspecified atom stereocenters. The molecule has 0 aliphatic heterocycles. The maximum atomic E-state index is 2.39. The molecule has 0 atom stereocenters. The molecule has 1 aliphatic rings. The normalized spacial score (nSPS) is 13.8. The summed E-state index contributed by atoms with van der Waals surface area (Å²) in [6.07, 6.45) is 5.64. The van der Waals surface area contributed by atoms with Gasteiger partial charge in [0, 0.05) is 0 Å². The predicted molar refractivity (Wildman–Crippen MR) is 92.4 cm³/mol. The summed E-state index contributed by atoms with van der Waals surface area (Å²) in [5, 5.41) is 8.54. The third-order valence-electron chi connectivity index (χ3n) is 5.17. The minimum Gasteiger partial charge on any atom is -0.0795 e. The summed E-state index contributed by atoms with van der Waals surface area (Å²) in [7, 11) is 0. The van der Waals surface area contributed by atoms with E-state index in [1.165, 1.54) is 54.6 Å². The van der Waals surface area contributed by atoms with Crippen LogP contribution in [0.25, 0.3) is 38.4 Å². The van der Waals surface area contributed by atoms with E-state index in [2.05, 4.69) is 62.4 Å². The van der Waals surface area contributed by atoms with Gasteiger partial charge in [-0.05, 0) is 80.9 Å². The van der Waals surface area contributed by atoms with Crippen LogP contribution in [-0.4, -0.2) is 0 Å². The second kappa shape index (κ2) is 3.65. The molecule has 5 rings (SSSR count). The summed E-state index contributed by atoms with van der Waals surface area (Å²) in [4.78, 5) is 0. The zero-order valence-corrected chi connectivity index (χ0v) is 12.3. The second-order valence-corrected chi connectivity index (χ2v) is 6.30. The molecule has 21 heavy (non-hydrogen) atoms. The van der Waals surface area contributed by atoms with Gasteiger partial charge >= 0.3 is 0 Å². The Morgan fingerprint density at radius 2 is 1.62 bits per heavy atom. The van der Waals surface area contributed by atoms with Crippen LogP contribution in [0.5, 0.6) is 0 Å². The van der Waals surface area contributed by atoms with E-state index in [-0.39, 0.29) is 0 Å². The molecule has 100 valence electrons. The number of allylic oxidation sites excluding steroid dienone is 1. The van der Waals surface area contributed by atoms with E-state index in [0.29, 0.717) is 0 Å². The van der Waals surface area contributed by atoms with Gasteiger partial charge in [0.2, 0.25) is 0 Å². The SMILES string of the molecule is Cc1cc2ccc3ccc4c5c(cc(c1C)c2c35)C=CC4. The Bertz CT molecular complexity index is 1060. The first-order valence-electron chi connectivity index (χ1n) is 7.61. The summed E-state index contributed by atoms with van der Waals surface area (Å²) < 4.78 is 0. The highest BCUT2D eigenvalue weighted by molar-refractivity contribution is 6.26. The van der Waals surface area contributed by atoms with Crippen LogP contribution in [0, 0.1) is 13.8 Å². The Morgan fingerprint density at radius 3 is 2.52 bits per heavy atom. The quantitative estimate of drug-likeness (QED) is 0.355. The number of hydrogen-bond acceptors (Lipinski definition) is 0. The van der Waals surface area contributed by atoms with Crippen LogP contribution in [-0.2, 0) is 6.42 Å². The fraction of sp³-hybridized carbons (Fsp3) is 0.143. The van der Waals surface area contributed by atoms with Gasteiger partial charge in [0.1, 0.15) is 0 Å². The third kappa shape index (κ3) is 1.30. The maximum Gasteiger partial charge on any atom is -0.00178 e. The largest absolute Gasteiger partial charge is 0.0795 e. The maximum absolute atomic E-state index is 2.39. The first-order valence-corrected chi connectivity index (χ1v) is 7.61. The average molecular weight is 268 g/mol. The Hall–Kier alpha value is -2.34. The van der Waals surface area contributed by atoms with Crippen molar-refractivity contribution in [1.29, 1.82) is 0 Å². The smallest absolute Gasteiger partial charge is 0.00178 e. The van der Waals surface area contributed by atoms with Crippen LogP contribution in [0.2, 0.25) is 0 Å². The second-order valence-electron chi connectivity index (χ2n) is 6.30. The lowest BCUT2D eigenvalue weighted by Crippen LogP contribution is -1.97. The Kier molecular flexibility index (Phi) is 1.97. The monoisotopic (exact) mass is 268 g/mol. The average Bonchev–Trinajstić information content (AvgIpc) is 2.51. The van der Waals surface area contributed by atoms with E-state index in [0.717, 1.165) is 6.42 Å². The molecule has 4 aromatic rings. The summed E-state index contributed by atoms with van der Waals surface area (Å²) in [6, 6.07) is 13.9. The lowest BCUT2D eigenvalue weighted by Gasteiger charge is -2.20. The lowest BCUT2D eigenvalue weighted by molar-refractivity contribution is 1.30. The van der Waals surface area contributed by atoms with E-state index < -0.39 is 0 Å². The molecule has 0 nitrogen and oxygen atoms in total. The Labute approximate surface area is 124 Å². The minimum absolute atomic E-state index is 1.05. The van der Waals surface area contributed by atoms with Crippen LogP contribution in [0.1, 0.15) is 22.3 Å². The molecule has 0 aromatic heterocycles. The van der Waals surface area contributed by atoms with Gasteiger partial charge in [0.05, 0.1) is 0 Å². The van der Waals surface area contributed by atoms with Gasteiger partial charge < -0.3 is 0 Å². The van der Waals surface area contributed by atoms with Crippen molar-refractivity contribution >= 4 is 38.4 Å². The van der Waals surface area contributed by atoms with E-state index in [9.17, 15) is 0 Å². The van der Waals surface area contributed by atoms with Gasteiger partial charge in [-0.1, -0.05) is 42.5 Å². The van der Waals surface area contributed by atoms with Crippen molar-refractivity contribution in [3.05, 3.63) is 64.7 Å². The number of aryl methyl sites for hydroxylation is 2. The van der Waals surface area contributed by atoms with Gasteiger partial charge in [-0.15, -0.1) is 0 Å². The van der Waals surface area contributed by atoms with Gasteiger partial charge in [0.15, 0.2) is 0 Å². The number of rotatable bonds is 0. The topological polar surface area (TPSA) is 0 Å². The van der Waals surface area contributed by atoms with Crippen molar-refractivity contribution in [2.45, 2.75) is 20.3 Å². The van der Waals surface area contributed by atoms with Crippen LogP contribution in [0.4, 0.5) is 0 Å². The molecule has 0 radical (unpaired) electrons. The lowest BCUT2D eigenvalue weighted by atomic mass is 9.84. The highest BCUT2D eigenvalue weighted by Gasteiger charge is 2.17. The van der Waals surface area contributed by atoms with E-state index in [1.807, 2.05) is 0 Å². The van der Waals surface area contributed by atoms with E-state index in [1.54, 1.807) is 0 Å². The summed E-state index contributed by atoms with van der Waals surface area (Å²) >= 11 is 0. The van der Waals surface area contributed by atoms with Crippen molar-refractivity contribution in [3.8, 4) is 0 Å². The van der Waals surface area contributed by atoms with Crippen LogP contribution in [0.15, 0.2) is 42.5 Å². The Morgan fingerprint density at radius 1 is 0.810 bits per heavy atom. The van der Waals surface area contributed by atoms with Gasteiger partial charge in [-0.2, -0.15) is 0 Å². The first-order chi connectivity index (χ1) is 10.2. The van der Waals surface area contributed by atoms with Crippen molar-refractivity contribution in [3.63, 3.8) is 0 Å². The van der Waals surface area contributed by atoms with Crippen LogP contribution >= 0.6 is 0 Å². The van der Waals surface area contributed by atoms with E-state index >= 15 is 0 Å². The highest BCUT2D eigenvalue weighted by atomic mass is 14.2. The van der Waals surface area contributed by atoms with Crippen LogP contribution in [0.3, 0.4) is 0 Å². The predicted octanol–water partition coefficient (Wildman–Crippen LogP) is 5.77. The number of hydrogen-bond donors (Lipinski definition) is 0. The van der Waals surface area contributed by atoms with Gasteiger partial charge in [-0.25, -0.2) is 0 Å². The molecule has 4 aromatic carbocycles. The van der Waals surface area contributed by atoms with Crippen molar-refractivity contribution in [1.82, 2.24) is 0 Å². The first kappa shape index (κ1) is 11.3. The molecular weight excluding hydrogens is 252 g/mol. The molecule has 0 saturated heterocycles. The summed E-state index contributed by atoms with van der Waals surface area (Å²) in [6.45, 7) is 4.47. The van der Waals surface area contributed by atoms with Gasteiger partial charge in [-0.3, -0.25) is 0 Å². The molecule has 0 N–H and O–H groups in total. The molecule has 1 aliphatic carbocycles.